The van der Waals surface area contributed by atoms with E-state index in [4.69, 9.17) is 9.84 Å². The number of nitrogens with one attached hydrogen (secondary N) is 1. The summed E-state index contributed by atoms with van der Waals surface area (Å²) in [6.07, 6.45) is 2.99. The van der Waals surface area contributed by atoms with E-state index in [1.165, 1.54) is 12.8 Å². The minimum absolute atomic E-state index is 0.151. The monoisotopic (exact) mass is 227 g/mol. The van der Waals surface area contributed by atoms with Crippen LogP contribution >= 0.6 is 0 Å². The van der Waals surface area contributed by atoms with E-state index in [1.807, 2.05) is 0 Å². The third-order valence-electron chi connectivity index (χ3n) is 3.04. The largest absolute Gasteiger partial charge is 0.481 e. The molecule has 16 heavy (non-hydrogen) atoms. The molecule has 0 spiro atoms. The Bertz CT molecular complexity index is 288. The number of carboxylic acid groups (broad SMARTS) is 1. The smallest absolute Gasteiger partial charge is 0.307 e. The predicted octanol–water partition coefficient (Wildman–Crippen LogP) is 0.250. The summed E-state index contributed by atoms with van der Waals surface area (Å²) in [5.41, 5.74) is 0. The van der Waals surface area contributed by atoms with Gasteiger partial charge < -0.3 is 15.2 Å². The SMILES string of the molecule is O=C(O)C1CC1C(=O)NCCOCC1CC1. The van der Waals surface area contributed by atoms with E-state index in [-0.39, 0.29) is 11.8 Å². The second-order valence-corrected chi connectivity index (χ2v) is 4.60. The number of aliphatic carboxylic acids is 1. The highest BCUT2D eigenvalue weighted by atomic mass is 16.5. The van der Waals surface area contributed by atoms with Crippen molar-refractivity contribution in [1.29, 1.82) is 0 Å². The van der Waals surface area contributed by atoms with Crippen molar-refractivity contribution in [2.75, 3.05) is 19.8 Å². The zero-order chi connectivity index (χ0) is 11.5. The van der Waals surface area contributed by atoms with Crippen LogP contribution in [-0.4, -0.2) is 36.7 Å². The first kappa shape index (κ1) is 11.4. The number of carboxylic acids is 1. The normalized spacial score (nSPS) is 27.5. The third-order valence-corrected chi connectivity index (χ3v) is 3.04. The first-order chi connectivity index (χ1) is 7.68. The summed E-state index contributed by atoms with van der Waals surface area (Å²) in [6.45, 7) is 1.79. The fourth-order valence-electron chi connectivity index (χ4n) is 1.67. The summed E-state index contributed by atoms with van der Waals surface area (Å²) in [4.78, 5) is 21.9. The van der Waals surface area contributed by atoms with Crippen LogP contribution in [0.15, 0.2) is 0 Å². The lowest BCUT2D eigenvalue weighted by molar-refractivity contribution is -0.140. The molecule has 0 aliphatic heterocycles. The molecule has 0 heterocycles. The van der Waals surface area contributed by atoms with Crippen molar-refractivity contribution < 1.29 is 19.4 Å². The molecule has 0 aromatic heterocycles. The molecule has 90 valence electrons. The lowest BCUT2D eigenvalue weighted by atomic mass is 10.3. The molecule has 2 aliphatic carbocycles. The Kier molecular flexibility index (Phi) is 3.43. The first-order valence-electron chi connectivity index (χ1n) is 5.76. The highest BCUT2D eigenvalue weighted by Crippen LogP contribution is 2.38. The van der Waals surface area contributed by atoms with E-state index in [0.717, 1.165) is 12.5 Å². The summed E-state index contributed by atoms with van der Waals surface area (Å²) < 4.78 is 5.35. The average molecular weight is 227 g/mol. The van der Waals surface area contributed by atoms with Gasteiger partial charge in [-0.1, -0.05) is 0 Å². The number of rotatable bonds is 7. The van der Waals surface area contributed by atoms with Gasteiger partial charge in [0.2, 0.25) is 5.91 Å². The lowest BCUT2D eigenvalue weighted by Crippen LogP contribution is -2.29. The van der Waals surface area contributed by atoms with Gasteiger partial charge in [0.15, 0.2) is 0 Å². The van der Waals surface area contributed by atoms with Crippen LogP contribution < -0.4 is 5.32 Å². The quantitative estimate of drug-likeness (QED) is 0.611. The van der Waals surface area contributed by atoms with Gasteiger partial charge in [0.05, 0.1) is 18.4 Å². The molecule has 2 saturated carbocycles. The topological polar surface area (TPSA) is 75.6 Å². The fourth-order valence-corrected chi connectivity index (χ4v) is 1.67. The molecule has 2 N–H and O–H groups in total. The standard InChI is InChI=1S/C11H17NO4/c13-10(8-5-9(8)11(14)15)12-3-4-16-6-7-1-2-7/h7-9H,1-6H2,(H,12,13)(H,14,15). The van der Waals surface area contributed by atoms with E-state index >= 15 is 0 Å². The summed E-state index contributed by atoms with van der Waals surface area (Å²) >= 11 is 0. The van der Waals surface area contributed by atoms with E-state index in [1.54, 1.807) is 0 Å². The van der Waals surface area contributed by atoms with Gasteiger partial charge in [-0.15, -0.1) is 0 Å². The molecule has 0 aromatic rings. The van der Waals surface area contributed by atoms with Crippen molar-refractivity contribution in [1.82, 2.24) is 5.32 Å². The van der Waals surface area contributed by atoms with Crippen molar-refractivity contribution in [3.8, 4) is 0 Å². The van der Waals surface area contributed by atoms with Crippen molar-refractivity contribution in [3.05, 3.63) is 0 Å². The van der Waals surface area contributed by atoms with E-state index < -0.39 is 11.9 Å². The highest BCUT2D eigenvalue weighted by molar-refractivity contribution is 5.89. The molecule has 2 rings (SSSR count). The Hall–Kier alpha value is -1.10. The van der Waals surface area contributed by atoms with Crippen LogP contribution in [0, 0.1) is 17.8 Å². The molecule has 0 radical (unpaired) electrons. The Labute approximate surface area is 94.2 Å². The highest BCUT2D eigenvalue weighted by Gasteiger charge is 2.48. The minimum Gasteiger partial charge on any atom is -0.481 e. The maximum atomic E-state index is 11.4. The molecule has 2 aliphatic rings. The van der Waals surface area contributed by atoms with Gasteiger partial charge in [-0.2, -0.15) is 0 Å². The van der Waals surface area contributed by atoms with E-state index in [2.05, 4.69) is 5.32 Å². The third kappa shape index (κ3) is 3.20. The van der Waals surface area contributed by atoms with Crippen LogP contribution in [0.4, 0.5) is 0 Å². The number of carbonyl (C=O) groups is 2. The maximum Gasteiger partial charge on any atom is 0.307 e. The minimum atomic E-state index is -0.870. The van der Waals surface area contributed by atoms with Crippen LogP contribution in [0.1, 0.15) is 19.3 Å². The summed E-state index contributed by atoms with van der Waals surface area (Å²) in [5, 5.41) is 11.3. The molecule has 5 heteroatoms. The Morgan fingerprint density at radius 2 is 2.06 bits per heavy atom. The molecule has 5 nitrogen and oxygen atoms in total. The van der Waals surface area contributed by atoms with Crippen LogP contribution in [0.2, 0.25) is 0 Å². The first-order valence-corrected chi connectivity index (χ1v) is 5.76. The number of carbonyl (C=O) groups excluding carboxylic acids is 1. The molecular weight excluding hydrogens is 210 g/mol. The lowest BCUT2D eigenvalue weighted by Gasteiger charge is -2.05. The van der Waals surface area contributed by atoms with Crippen molar-refractivity contribution in [3.63, 3.8) is 0 Å². The number of hydrogen-bond donors (Lipinski definition) is 2. The summed E-state index contributed by atoms with van der Waals surface area (Å²) in [7, 11) is 0. The Morgan fingerprint density at radius 1 is 1.31 bits per heavy atom. The maximum absolute atomic E-state index is 11.4. The van der Waals surface area contributed by atoms with Gasteiger partial charge in [0.1, 0.15) is 0 Å². The molecule has 0 saturated heterocycles. The van der Waals surface area contributed by atoms with Crippen LogP contribution in [-0.2, 0) is 14.3 Å². The zero-order valence-electron chi connectivity index (χ0n) is 9.15. The second-order valence-electron chi connectivity index (χ2n) is 4.60. The van der Waals surface area contributed by atoms with E-state index in [9.17, 15) is 9.59 Å². The summed E-state index contributed by atoms with van der Waals surface area (Å²) in [6, 6.07) is 0. The van der Waals surface area contributed by atoms with Gasteiger partial charge >= 0.3 is 5.97 Å². The van der Waals surface area contributed by atoms with Crippen molar-refractivity contribution in [2.24, 2.45) is 17.8 Å². The van der Waals surface area contributed by atoms with Crippen molar-refractivity contribution >= 4 is 11.9 Å². The van der Waals surface area contributed by atoms with Crippen LogP contribution in [0.5, 0.6) is 0 Å². The molecule has 0 bridgehead atoms. The molecule has 0 aromatic carbocycles. The van der Waals surface area contributed by atoms with E-state index in [0.29, 0.717) is 19.6 Å². The summed E-state index contributed by atoms with van der Waals surface area (Å²) in [5.74, 6) is -1.07. The Morgan fingerprint density at radius 3 is 2.62 bits per heavy atom. The average Bonchev–Trinajstić information content (AvgIpc) is 3.11. The van der Waals surface area contributed by atoms with Gasteiger partial charge in [0.25, 0.3) is 0 Å². The zero-order valence-corrected chi connectivity index (χ0v) is 9.15. The molecule has 2 fully saturated rings. The van der Waals surface area contributed by atoms with Gasteiger partial charge in [-0.25, -0.2) is 0 Å². The number of hydrogen-bond acceptors (Lipinski definition) is 3. The fraction of sp³-hybridized carbons (Fsp3) is 0.818. The molecule has 2 unspecified atom stereocenters. The molecule has 2 atom stereocenters. The number of ether oxygens (including phenoxy) is 1. The Balaban J connectivity index is 1.49. The van der Waals surface area contributed by atoms with Gasteiger partial charge in [-0.3, -0.25) is 9.59 Å². The second kappa shape index (κ2) is 4.82. The molecule has 1 amide bonds. The molecular formula is C11H17NO4. The number of amides is 1. The van der Waals surface area contributed by atoms with Crippen LogP contribution in [0.25, 0.3) is 0 Å². The van der Waals surface area contributed by atoms with Crippen LogP contribution in [0.3, 0.4) is 0 Å². The predicted molar refractivity (Wildman–Crippen MR) is 55.8 cm³/mol. The van der Waals surface area contributed by atoms with Gasteiger partial charge in [0, 0.05) is 13.2 Å². The van der Waals surface area contributed by atoms with Crippen molar-refractivity contribution in [2.45, 2.75) is 19.3 Å². The van der Waals surface area contributed by atoms with Gasteiger partial charge in [-0.05, 0) is 25.2 Å².